The van der Waals surface area contributed by atoms with Gasteiger partial charge in [0.05, 0.1) is 35.7 Å². The zero-order valence-corrected chi connectivity index (χ0v) is 18.1. The summed E-state index contributed by atoms with van der Waals surface area (Å²) < 4.78 is 17.9. The molecule has 0 saturated carbocycles. The second kappa shape index (κ2) is 7.86. The van der Waals surface area contributed by atoms with Crippen LogP contribution < -0.4 is 30.2 Å². The maximum Gasteiger partial charge on any atom is 0.142 e. The SMILES string of the molecule is CC1CNc2cc(C3COc4ccc(CC5COc6ccccc6N5)cc4N3)ccc2O1. The first-order chi connectivity index (χ1) is 15.7. The predicted molar refractivity (Wildman–Crippen MR) is 126 cm³/mol. The quantitative estimate of drug-likeness (QED) is 0.554. The average Bonchev–Trinajstić information content (AvgIpc) is 2.83. The van der Waals surface area contributed by atoms with Crippen LogP contribution in [0.2, 0.25) is 0 Å². The molecule has 32 heavy (non-hydrogen) atoms. The maximum atomic E-state index is 6.09. The van der Waals surface area contributed by atoms with E-state index in [-0.39, 0.29) is 18.2 Å². The highest BCUT2D eigenvalue weighted by atomic mass is 16.5. The number of benzene rings is 3. The number of hydrogen-bond donors (Lipinski definition) is 3. The Bertz CT molecular complexity index is 1150. The largest absolute Gasteiger partial charge is 0.489 e. The van der Waals surface area contributed by atoms with Crippen LogP contribution in [0.25, 0.3) is 0 Å². The second-order valence-electron chi connectivity index (χ2n) is 8.76. The Balaban J connectivity index is 1.17. The van der Waals surface area contributed by atoms with E-state index in [1.807, 2.05) is 24.3 Å². The zero-order chi connectivity index (χ0) is 21.5. The molecule has 3 aromatic carbocycles. The highest BCUT2D eigenvalue weighted by Gasteiger charge is 2.24. The van der Waals surface area contributed by atoms with Crippen LogP contribution in [0.5, 0.6) is 17.2 Å². The summed E-state index contributed by atoms with van der Waals surface area (Å²) in [6.07, 6.45) is 1.07. The number of para-hydroxylation sites is 2. The molecule has 3 N–H and O–H groups in total. The monoisotopic (exact) mass is 429 g/mol. The minimum absolute atomic E-state index is 0.0900. The van der Waals surface area contributed by atoms with E-state index >= 15 is 0 Å². The van der Waals surface area contributed by atoms with E-state index in [0.717, 1.165) is 47.3 Å². The van der Waals surface area contributed by atoms with Gasteiger partial charge in [-0.1, -0.05) is 24.3 Å². The third kappa shape index (κ3) is 3.66. The predicted octanol–water partition coefficient (Wildman–Crippen LogP) is 4.84. The summed E-state index contributed by atoms with van der Waals surface area (Å²) >= 11 is 0. The zero-order valence-electron chi connectivity index (χ0n) is 18.1. The van der Waals surface area contributed by atoms with E-state index in [0.29, 0.717) is 13.2 Å². The second-order valence-corrected chi connectivity index (χ2v) is 8.76. The van der Waals surface area contributed by atoms with Crippen molar-refractivity contribution in [1.82, 2.24) is 0 Å². The van der Waals surface area contributed by atoms with Crippen molar-refractivity contribution in [3.63, 3.8) is 0 Å². The lowest BCUT2D eigenvalue weighted by Crippen LogP contribution is -2.33. The molecule has 3 aromatic rings. The Morgan fingerprint density at radius 1 is 0.812 bits per heavy atom. The highest BCUT2D eigenvalue weighted by molar-refractivity contribution is 5.64. The van der Waals surface area contributed by atoms with Gasteiger partial charge in [-0.25, -0.2) is 0 Å². The Labute approximate surface area is 187 Å². The fraction of sp³-hybridized carbons (Fsp3) is 0.308. The van der Waals surface area contributed by atoms with Crippen molar-refractivity contribution in [2.75, 3.05) is 35.7 Å². The summed E-state index contributed by atoms with van der Waals surface area (Å²) in [5.74, 6) is 2.73. The number of rotatable bonds is 3. The van der Waals surface area contributed by atoms with Gasteiger partial charge in [-0.2, -0.15) is 0 Å². The van der Waals surface area contributed by atoms with Crippen molar-refractivity contribution in [2.45, 2.75) is 31.5 Å². The standard InChI is InChI=1S/C26H27N3O3/c1-16-13-27-21-12-18(7-9-26(21)32-16)23-15-31-25-8-6-17(11-22(25)29-23)10-19-14-30-24-5-3-2-4-20(24)28-19/h2-9,11-12,16,19,23,27-29H,10,13-15H2,1H3. The van der Waals surface area contributed by atoms with E-state index in [4.69, 9.17) is 14.2 Å². The van der Waals surface area contributed by atoms with Crippen molar-refractivity contribution in [2.24, 2.45) is 0 Å². The molecule has 3 unspecified atom stereocenters. The van der Waals surface area contributed by atoms with Crippen LogP contribution in [0.1, 0.15) is 24.1 Å². The van der Waals surface area contributed by atoms with Crippen molar-refractivity contribution in [3.8, 4) is 17.2 Å². The van der Waals surface area contributed by atoms with Gasteiger partial charge < -0.3 is 30.2 Å². The highest BCUT2D eigenvalue weighted by Crippen LogP contribution is 2.38. The van der Waals surface area contributed by atoms with Crippen LogP contribution in [0.3, 0.4) is 0 Å². The smallest absolute Gasteiger partial charge is 0.142 e. The van der Waals surface area contributed by atoms with Crippen LogP contribution in [-0.4, -0.2) is 31.9 Å². The summed E-state index contributed by atoms with van der Waals surface area (Å²) in [4.78, 5) is 0. The average molecular weight is 430 g/mol. The molecule has 0 radical (unpaired) electrons. The van der Waals surface area contributed by atoms with Crippen molar-refractivity contribution >= 4 is 17.1 Å². The van der Waals surface area contributed by atoms with Gasteiger partial charge in [-0.3, -0.25) is 0 Å². The molecular weight excluding hydrogens is 402 g/mol. The van der Waals surface area contributed by atoms with Crippen LogP contribution in [0, 0.1) is 0 Å². The summed E-state index contributed by atoms with van der Waals surface area (Å²) in [5.41, 5.74) is 5.57. The van der Waals surface area contributed by atoms with Crippen LogP contribution in [0.4, 0.5) is 17.1 Å². The lowest BCUT2D eigenvalue weighted by Gasteiger charge is -2.31. The molecule has 0 bridgehead atoms. The first kappa shape index (κ1) is 19.2. The van der Waals surface area contributed by atoms with Crippen molar-refractivity contribution in [3.05, 3.63) is 71.8 Å². The summed E-state index contributed by atoms with van der Waals surface area (Å²) in [5, 5.41) is 10.7. The summed E-state index contributed by atoms with van der Waals surface area (Å²) in [7, 11) is 0. The lowest BCUT2D eigenvalue weighted by atomic mass is 10.0. The van der Waals surface area contributed by atoms with Gasteiger partial charge in [0.25, 0.3) is 0 Å². The van der Waals surface area contributed by atoms with Gasteiger partial charge in [-0.15, -0.1) is 0 Å². The minimum atomic E-state index is 0.0900. The lowest BCUT2D eigenvalue weighted by molar-refractivity contribution is 0.226. The molecule has 3 atom stereocenters. The first-order valence-electron chi connectivity index (χ1n) is 11.3. The third-order valence-electron chi connectivity index (χ3n) is 6.26. The summed E-state index contributed by atoms with van der Waals surface area (Å²) in [6, 6.07) is 21.2. The molecule has 3 aliphatic rings. The van der Waals surface area contributed by atoms with E-state index < -0.39 is 0 Å². The van der Waals surface area contributed by atoms with Crippen molar-refractivity contribution in [1.29, 1.82) is 0 Å². The molecule has 3 aliphatic heterocycles. The Kier molecular flexibility index (Phi) is 4.71. The maximum absolute atomic E-state index is 6.09. The molecule has 6 heteroatoms. The topological polar surface area (TPSA) is 63.8 Å². The molecule has 0 saturated heterocycles. The number of nitrogens with one attached hydrogen (secondary N) is 3. The fourth-order valence-electron chi connectivity index (χ4n) is 4.60. The van der Waals surface area contributed by atoms with E-state index in [1.54, 1.807) is 0 Å². The number of hydrogen-bond acceptors (Lipinski definition) is 6. The van der Waals surface area contributed by atoms with Crippen LogP contribution >= 0.6 is 0 Å². The Morgan fingerprint density at radius 3 is 2.62 bits per heavy atom. The fourth-order valence-corrected chi connectivity index (χ4v) is 4.60. The van der Waals surface area contributed by atoms with Crippen LogP contribution in [-0.2, 0) is 6.42 Å². The van der Waals surface area contributed by atoms with Gasteiger partial charge in [0, 0.05) is 0 Å². The molecule has 0 spiro atoms. The number of anilines is 3. The third-order valence-corrected chi connectivity index (χ3v) is 6.26. The molecule has 0 aliphatic carbocycles. The first-order valence-corrected chi connectivity index (χ1v) is 11.3. The molecule has 164 valence electrons. The number of fused-ring (bicyclic) bond motifs is 3. The normalized spacial score (nSPS) is 22.8. The van der Waals surface area contributed by atoms with Gasteiger partial charge in [-0.05, 0) is 60.9 Å². The van der Waals surface area contributed by atoms with Crippen molar-refractivity contribution < 1.29 is 14.2 Å². The molecule has 0 aromatic heterocycles. The Hall–Kier alpha value is -3.54. The molecule has 0 fully saturated rings. The van der Waals surface area contributed by atoms with E-state index in [9.17, 15) is 0 Å². The van der Waals surface area contributed by atoms with E-state index in [1.165, 1.54) is 11.1 Å². The van der Waals surface area contributed by atoms with Gasteiger partial charge in [0.1, 0.15) is 36.6 Å². The van der Waals surface area contributed by atoms with E-state index in [2.05, 4.69) is 59.3 Å². The van der Waals surface area contributed by atoms with Gasteiger partial charge in [0.2, 0.25) is 0 Å². The number of ether oxygens (including phenoxy) is 3. The van der Waals surface area contributed by atoms with Gasteiger partial charge >= 0.3 is 0 Å². The minimum Gasteiger partial charge on any atom is -0.489 e. The summed E-state index contributed by atoms with van der Waals surface area (Å²) in [6.45, 7) is 4.14. The molecule has 0 amide bonds. The molecular formula is C26H27N3O3. The molecule has 3 heterocycles. The van der Waals surface area contributed by atoms with Crippen LogP contribution in [0.15, 0.2) is 60.7 Å². The Morgan fingerprint density at radius 2 is 1.66 bits per heavy atom. The molecule has 6 nitrogen and oxygen atoms in total. The molecule has 6 rings (SSSR count). The van der Waals surface area contributed by atoms with Gasteiger partial charge in [0.15, 0.2) is 0 Å².